The summed E-state index contributed by atoms with van der Waals surface area (Å²) in [6.07, 6.45) is 2.48. The number of hydrogen-bond donors (Lipinski definition) is 0. The van der Waals surface area contributed by atoms with Gasteiger partial charge in [-0.15, -0.1) is 0 Å². The highest BCUT2D eigenvalue weighted by atomic mass is 19.2. The van der Waals surface area contributed by atoms with Crippen LogP contribution in [0.25, 0.3) is 0 Å². The number of hydrogen-bond acceptors (Lipinski definition) is 7. The minimum Gasteiger partial charge on any atom is -0.496 e. The SMILES string of the molecule is COCC1=NC(=O)N(N(C=O)CCCN2CCC(c3cc(F)ccc3OC)CC2)C(c2ccc(F)c(F)c2)C1C(=O)OC. The second-order valence-electron chi connectivity index (χ2n) is 10.4. The molecule has 232 valence electrons. The van der Waals surface area contributed by atoms with Gasteiger partial charge in [0.1, 0.15) is 17.5 Å². The van der Waals surface area contributed by atoms with Crippen molar-refractivity contribution in [1.29, 1.82) is 0 Å². The number of esters is 1. The molecule has 2 aliphatic heterocycles. The number of methoxy groups -OCH3 is 3. The van der Waals surface area contributed by atoms with Crippen LogP contribution in [0.2, 0.25) is 0 Å². The van der Waals surface area contributed by atoms with E-state index in [4.69, 9.17) is 14.2 Å². The molecule has 0 aliphatic carbocycles. The second-order valence-corrected chi connectivity index (χ2v) is 10.4. The third-order valence-corrected chi connectivity index (χ3v) is 7.89. The molecule has 2 atom stereocenters. The molecule has 0 N–H and O–H groups in total. The van der Waals surface area contributed by atoms with Gasteiger partial charge >= 0.3 is 12.0 Å². The zero-order chi connectivity index (χ0) is 31.1. The van der Waals surface area contributed by atoms with E-state index in [2.05, 4.69) is 9.89 Å². The Kier molecular flexibility index (Phi) is 10.8. The van der Waals surface area contributed by atoms with Gasteiger partial charge in [0.2, 0.25) is 6.41 Å². The highest BCUT2D eigenvalue weighted by Crippen LogP contribution is 2.37. The van der Waals surface area contributed by atoms with E-state index < -0.39 is 35.6 Å². The zero-order valence-corrected chi connectivity index (χ0v) is 24.3. The first kappa shape index (κ1) is 32.0. The van der Waals surface area contributed by atoms with Crippen molar-refractivity contribution in [2.24, 2.45) is 10.9 Å². The molecule has 0 saturated carbocycles. The molecular formula is C30H35F3N4O6. The van der Waals surface area contributed by atoms with Crippen LogP contribution in [0.3, 0.4) is 0 Å². The first-order chi connectivity index (χ1) is 20.7. The maximum absolute atomic E-state index is 14.3. The van der Waals surface area contributed by atoms with Gasteiger partial charge in [-0.3, -0.25) is 14.6 Å². The van der Waals surface area contributed by atoms with Crippen LogP contribution in [0.5, 0.6) is 5.75 Å². The fourth-order valence-corrected chi connectivity index (χ4v) is 5.81. The molecular weight excluding hydrogens is 569 g/mol. The van der Waals surface area contributed by atoms with Crippen molar-refractivity contribution < 1.29 is 41.8 Å². The Bertz CT molecular complexity index is 1350. The number of ether oxygens (including phenoxy) is 3. The highest BCUT2D eigenvalue weighted by Gasteiger charge is 2.47. The number of carbonyl (C=O) groups is 3. The predicted octanol–water partition coefficient (Wildman–Crippen LogP) is 4.11. The van der Waals surface area contributed by atoms with Gasteiger partial charge in [0.15, 0.2) is 11.6 Å². The van der Waals surface area contributed by atoms with E-state index in [1.165, 1.54) is 25.3 Å². The number of rotatable bonds is 12. The number of likely N-dealkylation sites (tertiary alicyclic amines) is 1. The summed E-state index contributed by atoms with van der Waals surface area (Å²) in [5, 5.41) is 2.09. The molecule has 10 nitrogen and oxygen atoms in total. The number of nitrogens with zero attached hydrogens (tertiary/aromatic N) is 4. The zero-order valence-electron chi connectivity index (χ0n) is 24.3. The first-order valence-corrected chi connectivity index (χ1v) is 13.9. The maximum Gasteiger partial charge on any atom is 0.363 e. The predicted molar refractivity (Wildman–Crippen MR) is 150 cm³/mol. The summed E-state index contributed by atoms with van der Waals surface area (Å²) in [6.45, 7) is 1.95. The van der Waals surface area contributed by atoms with Crippen molar-refractivity contribution in [3.05, 3.63) is 65.0 Å². The van der Waals surface area contributed by atoms with Crippen molar-refractivity contribution in [3.63, 3.8) is 0 Å². The lowest BCUT2D eigenvalue weighted by Crippen LogP contribution is -2.55. The lowest BCUT2D eigenvalue weighted by atomic mass is 9.87. The summed E-state index contributed by atoms with van der Waals surface area (Å²) in [6, 6.07) is 5.42. The van der Waals surface area contributed by atoms with Gasteiger partial charge in [-0.25, -0.2) is 23.0 Å². The molecule has 2 aliphatic rings. The highest BCUT2D eigenvalue weighted by molar-refractivity contribution is 6.10. The molecule has 13 heteroatoms. The fraction of sp³-hybridized carbons (Fsp3) is 0.467. The average molecular weight is 605 g/mol. The van der Waals surface area contributed by atoms with E-state index in [-0.39, 0.29) is 36.2 Å². The number of hydrazine groups is 1. The Hall–Kier alpha value is -3.97. The molecule has 1 saturated heterocycles. The lowest BCUT2D eigenvalue weighted by molar-refractivity contribution is -0.150. The Morgan fingerprint density at radius 1 is 1.07 bits per heavy atom. The van der Waals surface area contributed by atoms with Crippen molar-refractivity contribution in [2.75, 3.05) is 54.1 Å². The number of benzene rings is 2. The molecule has 4 rings (SSSR count). The van der Waals surface area contributed by atoms with Crippen LogP contribution in [0.1, 0.15) is 42.3 Å². The van der Waals surface area contributed by atoms with Crippen LogP contribution in [0, 0.1) is 23.4 Å². The monoisotopic (exact) mass is 604 g/mol. The van der Waals surface area contributed by atoms with Gasteiger partial charge in [0.25, 0.3) is 0 Å². The minimum atomic E-state index is -1.25. The summed E-state index contributed by atoms with van der Waals surface area (Å²) in [5.41, 5.74) is 0.955. The third-order valence-electron chi connectivity index (χ3n) is 7.89. The first-order valence-electron chi connectivity index (χ1n) is 13.9. The van der Waals surface area contributed by atoms with Crippen molar-refractivity contribution in [3.8, 4) is 5.75 Å². The number of amides is 3. The van der Waals surface area contributed by atoms with Gasteiger partial charge in [-0.2, -0.15) is 4.99 Å². The lowest BCUT2D eigenvalue weighted by Gasteiger charge is -2.43. The number of aliphatic imine (C=N–C) groups is 1. The fourth-order valence-electron chi connectivity index (χ4n) is 5.81. The Balaban J connectivity index is 1.49. The number of carbonyl (C=O) groups excluding carboxylic acids is 3. The largest absolute Gasteiger partial charge is 0.496 e. The molecule has 43 heavy (non-hydrogen) atoms. The van der Waals surface area contributed by atoms with Crippen molar-refractivity contribution in [2.45, 2.75) is 31.2 Å². The van der Waals surface area contributed by atoms with E-state index in [0.29, 0.717) is 25.1 Å². The standard InChI is InChI=1S/C30H35F3N4O6/c1-41-17-25-27(29(39)43-3)28(20-5-7-23(32)24(33)15-20)37(30(40)34-25)36(18-38)12-4-11-35-13-9-19(10-14-35)22-16-21(31)6-8-26(22)42-2/h5-8,15-16,18-19,27-28H,4,9-14,17H2,1-3H3. The molecule has 2 aromatic rings. The maximum atomic E-state index is 14.3. The number of urea groups is 1. The number of piperidine rings is 1. The van der Waals surface area contributed by atoms with Gasteiger partial charge in [0, 0.05) is 19.2 Å². The van der Waals surface area contributed by atoms with Crippen LogP contribution in [0.4, 0.5) is 18.0 Å². The van der Waals surface area contributed by atoms with Crippen LogP contribution >= 0.6 is 0 Å². The average Bonchev–Trinajstić information content (AvgIpc) is 3.01. The quantitative estimate of drug-likeness (QED) is 0.266. The van der Waals surface area contributed by atoms with E-state index in [1.54, 1.807) is 13.2 Å². The van der Waals surface area contributed by atoms with Crippen LogP contribution < -0.4 is 4.74 Å². The smallest absolute Gasteiger partial charge is 0.363 e. The molecule has 0 aromatic heterocycles. The van der Waals surface area contributed by atoms with Crippen LogP contribution in [-0.2, 0) is 19.1 Å². The molecule has 2 aromatic carbocycles. The van der Waals surface area contributed by atoms with Crippen LogP contribution in [0.15, 0.2) is 41.4 Å². The molecule has 2 heterocycles. The number of halogens is 3. The summed E-state index contributed by atoms with van der Waals surface area (Å²) < 4.78 is 57.6. The third kappa shape index (κ3) is 7.16. The molecule has 3 amide bonds. The Morgan fingerprint density at radius 3 is 2.44 bits per heavy atom. The van der Waals surface area contributed by atoms with Crippen molar-refractivity contribution in [1.82, 2.24) is 14.9 Å². The Labute approximate surface area is 248 Å². The van der Waals surface area contributed by atoms with E-state index in [0.717, 1.165) is 60.8 Å². The van der Waals surface area contributed by atoms with Gasteiger partial charge in [-0.1, -0.05) is 6.07 Å². The van der Waals surface area contributed by atoms with E-state index in [9.17, 15) is 27.6 Å². The van der Waals surface area contributed by atoms with Gasteiger partial charge in [-0.05, 0) is 80.7 Å². The molecule has 0 spiro atoms. The normalized spacial score (nSPS) is 19.6. The molecule has 0 radical (unpaired) electrons. The molecule has 0 bridgehead atoms. The summed E-state index contributed by atoms with van der Waals surface area (Å²) in [4.78, 5) is 44.8. The molecule has 1 fully saturated rings. The summed E-state index contributed by atoms with van der Waals surface area (Å²) >= 11 is 0. The van der Waals surface area contributed by atoms with Gasteiger partial charge in [0.05, 0.1) is 32.6 Å². The summed E-state index contributed by atoms with van der Waals surface area (Å²) in [5.74, 6) is -3.82. The van der Waals surface area contributed by atoms with Crippen LogP contribution in [-0.4, -0.2) is 93.2 Å². The van der Waals surface area contributed by atoms with Gasteiger partial charge < -0.3 is 19.1 Å². The van der Waals surface area contributed by atoms with Crippen molar-refractivity contribution >= 4 is 24.1 Å². The minimum absolute atomic E-state index is 0.0361. The Morgan fingerprint density at radius 2 is 1.81 bits per heavy atom. The molecule has 2 unspecified atom stereocenters. The summed E-state index contributed by atoms with van der Waals surface area (Å²) in [7, 11) is 4.07. The van der Waals surface area contributed by atoms with E-state index >= 15 is 0 Å². The second kappa shape index (κ2) is 14.5. The van der Waals surface area contributed by atoms with E-state index in [1.807, 2.05) is 0 Å². The topological polar surface area (TPSA) is 101 Å².